The van der Waals surface area contributed by atoms with Crippen LogP contribution >= 0.6 is 35.3 Å². The number of anilines is 3. The van der Waals surface area contributed by atoms with Crippen LogP contribution in [0.1, 0.15) is 32.7 Å². The Labute approximate surface area is 349 Å². The standard InChI is InChI=1S/C44H49ClN6O4S2/c1-49(2)22-21-36(30-56-38-7-5-4-6-8-38)46-41-20-18-39(28-42(41)47-55-3)57-48-43(52)32-11-16-37(17-12-32)51-25-23-50(24-26-51)29-34-27-33(44(53)54)13-19-40(34)31-9-14-35(45)15-10-31/h4-20,27-28,36,46-47H,21-26,29-30H2,1-3H3,(H,48,52)(H,53,54). The number of hydrogen-bond acceptors (Lipinski definition) is 10. The fraction of sp³-hybridized carbons (Fsp3) is 0.273. The van der Waals surface area contributed by atoms with Crippen molar-refractivity contribution in [1.29, 1.82) is 0 Å². The summed E-state index contributed by atoms with van der Waals surface area (Å²) in [6.07, 6.45) is 0.971. The Morgan fingerprint density at radius 2 is 1.56 bits per heavy atom. The van der Waals surface area contributed by atoms with E-state index in [9.17, 15) is 14.7 Å². The Bertz CT molecular complexity index is 2080. The summed E-state index contributed by atoms with van der Waals surface area (Å²) in [6.45, 7) is 4.83. The number of amides is 1. The number of nitrogens with one attached hydrogen (secondary N) is 3. The van der Waals surface area contributed by atoms with Crippen LogP contribution in [0.5, 0.6) is 0 Å². The molecule has 1 heterocycles. The van der Waals surface area contributed by atoms with Gasteiger partial charge in [0.2, 0.25) is 0 Å². The van der Waals surface area contributed by atoms with Crippen LogP contribution in [0.2, 0.25) is 5.02 Å². The van der Waals surface area contributed by atoms with E-state index in [-0.39, 0.29) is 17.5 Å². The summed E-state index contributed by atoms with van der Waals surface area (Å²) in [4.78, 5) is 39.3. The second kappa shape index (κ2) is 20.6. The zero-order chi connectivity index (χ0) is 40.1. The highest BCUT2D eigenvalue weighted by Gasteiger charge is 2.21. The molecule has 1 aliphatic rings. The number of aromatic carboxylic acids is 1. The number of nitrogens with zero attached hydrogens (tertiary/aromatic N) is 3. The number of hydrogen-bond donors (Lipinski definition) is 4. The van der Waals surface area contributed by atoms with Gasteiger partial charge in [-0.25, -0.2) is 4.79 Å². The van der Waals surface area contributed by atoms with Gasteiger partial charge >= 0.3 is 5.97 Å². The fourth-order valence-electron chi connectivity index (χ4n) is 6.61. The van der Waals surface area contributed by atoms with E-state index in [0.29, 0.717) is 17.1 Å². The second-order valence-corrected chi connectivity index (χ2v) is 16.5. The SMILES string of the molecule is CONc1cc(SNC(=O)c2ccc(N3CCN(Cc4cc(C(=O)O)ccc4-c4ccc(Cl)cc4)CC3)cc2)ccc1NC(CCN(C)C)CSc1ccccc1. The fourth-order valence-corrected chi connectivity index (χ4v) is 8.37. The van der Waals surface area contributed by atoms with Gasteiger partial charge in [0.15, 0.2) is 0 Å². The third-order valence-electron chi connectivity index (χ3n) is 9.71. The molecule has 1 aliphatic heterocycles. The molecule has 4 N–H and O–H groups in total. The lowest BCUT2D eigenvalue weighted by Crippen LogP contribution is -2.46. The molecule has 6 rings (SSSR count). The van der Waals surface area contributed by atoms with Crippen LogP contribution in [0.3, 0.4) is 0 Å². The third-order valence-corrected chi connectivity index (χ3v) is 11.9. The largest absolute Gasteiger partial charge is 0.478 e. The zero-order valence-corrected chi connectivity index (χ0v) is 34.8. The summed E-state index contributed by atoms with van der Waals surface area (Å²) in [5.41, 5.74) is 9.60. The van der Waals surface area contributed by atoms with Crippen LogP contribution in [-0.2, 0) is 11.4 Å². The van der Waals surface area contributed by atoms with Crippen molar-refractivity contribution < 1.29 is 19.5 Å². The highest BCUT2D eigenvalue weighted by atomic mass is 35.5. The summed E-state index contributed by atoms with van der Waals surface area (Å²) in [5, 5.41) is 14.0. The monoisotopic (exact) mass is 824 g/mol. The van der Waals surface area contributed by atoms with E-state index in [1.165, 1.54) is 16.8 Å². The number of piperazine rings is 1. The molecule has 0 radical (unpaired) electrons. The van der Waals surface area contributed by atoms with Crippen molar-refractivity contribution in [2.75, 3.05) is 75.4 Å². The molecule has 1 unspecified atom stereocenters. The Morgan fingerprint density at radius 3 is 2.25 bits per heavy atom. The Hall–Kier alpha value is -4.69. The first-order chi connectivity index (χ1) is 27.6. The molecule has 10 nitrogen and oxygen atoms in total. The average Bonchev–Trinajstić information content (AvgIpc) is 3.22. The van der Waals surface area contributed by atoms with E-state index >= 15 is 0 Å². The van der Waals surface area contributed by atoms with Gasteiger partial charge < -0.3 is 20.2 Å². The lowest BCUT2D eigenvalue weighted by molar-refractivity contribution is 0.0696. The predicted octanol–water partition coefficient (Wildman–Crippen LogP) is 8.96. The van der Waals surface area contributed by atoms with E-state index < -0.39 is 5.97 Å². The first kappa shape index (κ1) is 41.9. The minimum absolute atomic E-state index is 0.179. The molecule has 57 heavy (non-hydrogen) atoms. The van der Waals surface area contributed by atoms with E-state index in [0.717, 1.165) is 83.5 Å². The lowest BCUT2D eigenvalue weighted by Gasteiger charge is -2.36. The van der Waals surface area contributed by atoms with Crippen LogP contribution < -0.4 is 20.4 Å². The van der Waals surface area contributed by atoms with Gasteiger partial charge in [-0.2, -0.15) is 0 Å². The van der Waals surface area contributed by atoms with Gasteiger partial charge in [0.1, 0.15) is 0 Å². The highest BCUT2D eigenvalue weighted by molar-refractivity contribution is 7.99. The smallest absolute Gasteiger partial charge is 0.335 e. The topological polar surface area (TPSA) is 109 Å². The molecule has 0 spiro atoms. The number of carbonyl (C=O) groups is 2. The number of carbonyl (C=O) groups excluding carboxylic acids is 1. The molecule has 13 heteroatoms. The molecule has 1 atom stereocenters. The first-order valence-corrected chi connectivity index (χ1v) is 21.0. The van der Waals surface area contributed by atoms with Gasteiger partial charge in [-0.3, -0.25) is 24.7 Å². The van der Waals surface area contributed by atoms with Crippen LogP contribution in [0.25, 0.3) is 11.1 Å². The van der Waals surface area contributed by atoms with Crippen molar-refractivity contribution in [2.45, 2.75) is 28.8 Å². The quantitative estimate of drug-likeness (QED) is 0.0387. The normalized spacial score (nSPS) is 13.7. The summed E-state index contributed by atoms with van der Waals surface area (Å²) in [5.74, 6) is -0.213. The van der Waals surface area contributed by atoms with Crippen LogP contribution in [0, 0.1) is 0 Å². The highest BCUT2D eigenvalue weighted by Crippen LogP contribution is 2.31. The van der Waals surface area contributed by atoms with Gasteiger partial charge in [0, 0.05) is 70.6 Å². The minimum Gasteiger partial charge on any atom is -0.478 e. The van der Waals surface area contributed by atoms with E-state index in [4.69, 9.17) is 16.4 Å². The first-order valence-electron chi connectivity index (χ1n) is 18.8. The van der Waals surface area contributed by atoms with Crippen molar-refractivity contribution in [3.8, 4) is 11.1 Å². The van der Waals surface area contributed by atoms with Gasteiger partial charge in [-0.1, -0.05) is 48.0 Å². The third kappa shape index (κ3) is 12.2. The van der Waals surface area contributed by atoms with Crippen molar-refractivity contribution in [3.05, 3.63) is 137 Å². The van der Waals surface area contributed by atoms with Gasteiger partial charge in [0.05, 0.1) is 24.0 Å². The van der Waals surface area contributed by atoms with Crippen LogP contribution in [0.4, 0.5) is 17.1 Å². The lowest BCUT2D eigenvalue weighted by atomic mass is 9.97. The maximum Gasteiger partial charge on any atom is 0.335 e. The van der Waals surface area contributed by atoms with Crippen LogP contribution in [-0.4, -0.2) is 92.5 Å². The molecule has 1 fully saturated rings. The van der Waals surface area contributed by atoms with Gasteiger partial charge in [-0.05, 0) is 135 Å². The summed E-state index contributed by atoms with van der Waals surface area (Å²) in [6, 6.07) is 37.3. The summed E-state index contributed by atoms with van der Waals surface area (Å²) >= 11 is 9.22. The minimum atomic E-state index is -0.941. The van der Waals surface area contributed by atoms with Gasteiger partial charge in [-0.15, -0.1) is 11.8 Å². The maximum atomic E-state index is 13.2. The van der Waals surface area contributed by atoms with Crippen LogP contribution in [0.15, 0.2) is 125 Å². The van der Waals surface area contributed by atoms with Crippen molar-refractivity contribution in [2.24, 2.45) is 0 Å². The van der Waals surface area contributed by atoms with Crippen molar-refractivity contribution in [1.82, 2.24) is 14.5 Å². The molecule has 5 aromatic carbocycles. The van der Waals surface area contributed by atoms with Gasteiger partial charge in [0.25, 0.3) is 5.91 Å². The van der Waals surface area contributed by atoms with Crippen molar-refractivity contribution >= 4 is 64.2 Å². The molecular weight excluding hydrogens is 776 g/mol. The molecule has 298 valence electrons. The zero-order valence-electron chi connectivity index (χ0n) is 32.4. The molecule has 5 aromatic rings. The van der Waals surface area contributed by atoms with E-state index in [1.807, 2.05) is 90.6 Å². The number of rotatable bonds is 18. The molecule has 0 aliphatic carbocycles. The summed E-state index contributed by atoms with van der Waals surface area (Å²) < 4.78 is 2.99. The Kier molecular flexibility index (Phi) is 15.2. The number of benzene rings is 5. The number of carboxylic acid groups (broad SMARTS) is 1. The Morgan fingerprint density at radius 1 is 0.842 bits per heavy atom. The molecule has 1 saturated heterocycles. The second-order valence-electron chi connectivity index (χ2n) is 14.1. The van der Waals surface area contributed by atoms with E-state index in [2.05, 4.69) is 68.6 Å². The Balaban J connectivity index is 1.02. The molecular formula is C44H49ClN6O4S2. The van der Waals surface area contributed by atoms with Crippen molar-refractivity contribution in [3.63, 3.8) is 0 Å². The average molecular weight is 826 g/mol. The molecule has 0 bridgehead atoms. The number of carboxylic acids is 1. The maximum absolute atomic E-state index is 13.2. The molecule has 0 saturated carbocycles. The molecule has 0 aromatic heterocycles. The predicted molar refractivity (Wildman–Crippen MR) is 236 cm³/mol. The van der Waals surface area contributed by atoms with E-state index in [1.54, 1.807) is 19.2 Å². The molecule has 1 amide bonds. The summed E-state index contributed by atoms with van der Waals surface area (Å²) in [7, 11) is 5.77. The number of halogens is 1. The number of thioether (sulfide) groups is 1.